The summed E-state index contributed by atoms with van der Waals surface area (Å²) in [5.41, 5.74) is 0.0135. The molecule has 0 aliphatic carbocycles. The molecule has 0 amide bonds. The van der Waals surface area contributed by atoms with E-state index in [0.29, 0.717) is 5.75 Å². The van der Waals surface area contributed by atoms with Gasteiger partial charge in [0, 0.05) is 11.5 Å². The first-order chi connectivity index (χ1) is 8.22. The summed E-state index contributed by atoms with van der Waals surface area (Å²) < 4.78 is 14.2. The lowest BCUT2D eigenvalue weighted by Gasteiger charge is -2.10. The van der Waals surface area contributed by atoms with E-state index in [9.17, 15) is 4.79 Å². The molecule has 0 fully saturated rings. The molecule has 2 rings (SSSR count). The maximum absolute atomic E-state index is 11.1. The normalized spacial score (nSPS) is 9.94. The van der Waals surface area contributed by atoms with E-state index in [0.717, 1.165) is 11.5 Å². The lowest BCUT2D eigenvalue weighted by atomic mass is 10.2. The molecule has 0 unspecified atom stereocenters. The van der Waals surface area contributed by atoms with Gasteiger partial charge in [-0.3, -0.25) is 0 Å². The number of hydrogen-bond donors (Lipinski definition) is 1. The van der Waals surface area contributed by atoms with Crippen LogP contribution in [0.15, 0.2) is 24.5 Å². The summed E-state index contributed by atoms with van der Waals surface area (Å²) in [6.45, 7) is 0. The SMILES string of the molecule is COc1cccc(C(=O)O)c1Oc1ncns1. The number of hydrogen-bond acceptors (Lipinski definition) is 6. The van der Waals surface area contributed by atoms with Gasteiger partial charge in [-0.2, -0.15) is 9.36 Å². The van der Waals surface area contributed by atoms with Crippen LogP contribution < -0.4 is 9.47 Å². The standard InChI is InChI=1S/C10H8N2O4S/c1-15-7-4-2-3-6(9(13)14)8(7)16-10-11-5-12-17-10/h2-5H,1H3,(H,13,14). The molecule has 0 atom stereocenters. The largest absolute Gasteiger partial charge is 0.493 e. The third-order valence-electron chi connectivity index (χ3n) is 1.96. The summed E-state index contributed by atoms with van der Waals surface area (Å²) in [7, 11) is 1.44. The van der Waals surface area contributed by atoms with Crippen LogP contribution in [-0.2, 0) is 0 Å². The highest BCUT2D eigenvalue weighted by Crippen LogP contribution is 2.35. The van der Waals surface area contributed by atoms with Gasteiger partial charge in [0.25, 0.3) is 5.19 Å². The van der Waals surface area contributed by atoms with Crippen molar-refractivity contribution in [2.24, 2.45) is 0 Å². The second-order valence-corrected chi connectivity index (χ2v) is 3.69. The minimum Gasteiger partial charge on any atom is -0.493 e. The molecule has 1 aromatic carbocycles. The summed E-state index contributed by atoms with van der Waals surface area (Å²) in [6.07, 6.45) is 1.33. The van der Waals surface area contributed by atoms with E-state index < -0.39 is 5.97 Å². The maximum Gasteiger partial charge on any atom is 0.339 e. The molecular formula is C10H8N2O4S. The van der Waals surface area contributed by atoms with E-state index in [2.05, 4.69) is 9.36 Å². The smallest absolute Gasteiger partial charge is 0.339 e. The molecule has 0 bridgehead atoms. The molecule has 7 heteroatoms. The first-order valence-corrected chi connectivity index (χ1v) is 5.34. The van der Waals surface area contributed by atoms with Crippen LogP contribution in [0, 0.1) is 0 Å². The molecule has 0 radical (unpaired) electrons. The average Bonchev–Trinajstić information content (AvgIpc) is 2.82. The Morgan fingerprint density at radius 2 is 2.29 bits per heavy atom. The van der Waals surface area contributed by atoms with Crippen molar-refractivity contribution in [2.75, 3.05) is 7.11 Å². The highest BCUT2D eigenvalue weighted by atomic mass is 32.1. The molecule has 0 saturated carbocycles. The molecule has 1 N–H and O–H groups in total. The van der Waals surface area contributed by atoms with Crippen molar-refractivity contribution in [3.05, 3.63) is 30.1 Å². The number of methoxy groups -OCH3 is 1. The van der Waals surface area contributed by atoms with Crippen molar-refractivity contribution in [3.8, 4) is 16.7 Å². The van der Waals surface area contributed by atoms with Gasteiger partial charge in [-0.1, -0.05) is 6.07 Å². The quantitative estimate of drug-likeness (QED) is 0.896. The van der Waals surface area contributed by atoms with Crippen LogP contribution in [0.1, 0.15) is 10.4 Å². The van der Waals surface area contributed by atoms with Gasteiger partial charge in [0.05, 0.1) is 7.11 Å². The van der Waals surface area contributed by atoms with Crippen LogP contribution in [0.3, 0.4) is 0 Å². The molecule has 0 aliphatic heterocycles. The van der Waals surface area contributed by atoms with Crippen molar-refractivity contribution < 1.29 is 19.4 Å². The van der Waals surface area contributed by atoms with Gasteiger partial charge in [0.1, 0.15) is 11.9 Å². The van der Waals surface area contributed by atoms with Crippen molar-refractivity contribution in [1.29, 1.82) is 0 Å². The van der Waals surface area contributed by atoms with Crippen LogP contribution in [-0.4, -0.2) is 27.5 Å². The van der Waals surface area contributed by atoms with Gasteiger partial charge in [-0.15, -0.1) is 0 Å². The van der Waals surface area contributed by atoms with Crippen LogP contribution >= 0.6 is 11.5 Å². The monoisotopic (exact) mass is 252 g/mol. The Hall–Kier alpha value is -2.15. The predicted octanol–water partition coefficient (Wildman–Crippen LogP) is 2.04. The number of carboxylic acids is 1. The summed E-state index contributed by atoms with van der Waals surface area (Å²) in [5.74, 6) is -0.636. The van der Waals surface area contributed by atoms with Crippen LogP contribution in [0.5, 0.6) is 16.7 Å². The number of aromatic carboxylic acids is 1. The molecule has 6 nitrogen and oxygen atoms in total. The Bertz CT molecular complexity index is 527. The van der Waals surface area contributed by atoms with E-state index in [1.54, 1.807) is 12.1 Å². The van der Waals surface area contributed by atoms with Crippen molar-refractivity contribution in [2.45, 2.75) is 0 Å². The van der Waals surface area contributed by atoms with Gasteiger partial charge in [-0.25, -0.2) is 4.79 Å². The Morgan fingerprint density at radius 3 is 2.88 bits per heavy atom. The fraction of sp³-hybridized carbons (Fsp3) is 0.100. The number of benzene rings is 1. The van der Waals surface area contributed by atoms with Gasteiger partial charge in [-0.05, 0) is 12.1 Å². The molecule has 0 spiro atoms. The Morgan fingerprint density at radius 1 is 1.47 bits per heavy atom. The van der Waals surface area contributed by atoms with E-state index in [-0.39, 0.29) is 16.5 Å². The Labute approximate surface area is 101 Å². The lowest BCUT2D eigenvalue weighted by Crippen LogP contribution is -2.01. The maximum atomic E-state index is 11.1. The highest BCUT2D eigenvalue weighted by Gasteiger charge is 2.17. The summed E-state index contributed by atoms with van der Waals surface area (Å²) in [6, 6.07) is 4.62. The van der Waals surface area contributed by atoms with Crippen LogP contribution in [0.4, 0.5) is 0 Å². The molecular weight excluding hydrogens is 244 g/mol. The van der Waals surface area contributed by atoms with Gasteiger partial charge < -0.3 is 14.6 Å². The zero-order valence-electron chi connectivity index (χ0n) is 8.78. The number of carboxylic acid groups (broad SMARTS) is 1. The molecule has 2 aromatic rings. The molecule has 1 heterocycles. The number of ether oxygens (including phenoxy) is 2. The predicted molar refractivity (Wildman–Crippen MR) is 59.9 cm³/mol. The number of nitrogens with zero attached hydrogens (tertiary/aromatic N) is 2. The number of carbonyl (C=O) groups is 1. The summed E-state index contributed by atoms with van der Waals surface area (Å²) >= 11 is 1.03. The lowest BCUT2D eigenvalue weighted by molar-refractivity contribution is 0.0693. The molecule has 1 aromatic heterocycles. The summed E-state index contributed by atoms with van der Waals surface area (Å²) in [4.78, 5) is 14.9. The van der Waals surface area contributed by atoms with E-state index in [1.165, 1.54) is 19.5 Å². The number of para-hydroxylation sites is 1. The van der Waals surface area contributed by atoms with Crippen LogP contribution in [0.2, 0.25) is 0 Å². The van der Waals surface area contributed by atoms with E-state index >= 15 is 0 Å². The Kier molecular flexibility index (Phi) is 3.20. The zero-order chi connectivity index (χ0) is 12.3. The average molecular weight is 252 g/mol. The third kappa shape index (κ3) is 2.34. The second-order valence-electron chi connectivity index (χ2n) is 2.95. The Balaban J connectivity index is 2.45. The fourth-order valence-corrected chi connectivity index (χ4v) is 1.64. The van der Waals surface area contributed by atoms with Crippen molar-refractivity contribution in [1.82, 2.24) is 9.36 Å². The van der Waals surface area contributed by atoms with Gasteiger partial charge >= 0.3 is 5.97 Å². The topological polar surface area (TPSA) is 81.5 Å². The zero-order valence-corrected chi connectivity index (χ0v) is 9.60. The fourth-order valence-electron chi connectivity index (χ4n) is 1.25. The van der Waals surface area contributed by atoms with E-state index in [4.69, 9.17) is 14.6 Å². The van der Waals surface area contributed by atoms with Crippen molar-refractivity contribution >= 4 is 17.5 Å². The number of rotatable bonds is 4. The number of aromatic nitrogens is 2. The van der Waals surface area contributed by atoms with E-state index in [1.807, 2.05) is 0 Å². The van der Waals surface area contributed by atoms with Gasteiger partial charge in [0.2, 0.25) is 0 Å². The van der Waals surface area contributed by atoms with Crippen molar-refractivity contribution in [3.63, 3.8) is 0 Å². The third-order valence-corrected chi connectivity index (χ3v) is 2.50. The molecule has 0 aliphatic rings. The highest BCUT2D eigenvalue weighted by molar-refractivity contribution is 7.07. The molecule has 17 heavy (non-hydrogen) atoms. The minimum atomic E-state index is -1.09. The summed E-state index contributed by atoms with van der Waals surface area (Å²) in [5, 5.41) is 9.31. The molecule has 0 saturated heterocycles. The first-order valence-electron chi connectivity index (χ1n) is 4.57. The van der Waals surface area contributed by atoms with Gasteiger partial charge in [0.15, 0.2) is 11.5 Å². The first kappa shape index (κ1) is 11.3. The van der Waals surface area contributed by atoms with Crippen LogP contribution in [0.25, 0.3) is 0 Å². The second kappa shape index (κ2) is 4.79. The minimum absolute atomic E-state index is 0.0135. The molecule has 88 valence electrons.